The van der Waals surface area contributed by atoms with E-state index in [4.69, 9.17) is 0 Å². The van der Waals surface area contributed by atoms with Gasteiger partial charge in [-0.25, -0.2) is 0 Å². The van der Waals surface area contributed by atoms with Crippen LogP contribution in [0.15, 0.2) is 0 Å². The van der Waals surface area contributed by atoms with E-state index >= 15 is 0 Å². The normalized spacial score (nSPS) is 24.7. The third kappa shape index (κ3) is 2.95. The van der Waals surface area contributed by atoms with Crippen molar-refractivity contribution in [1.82, 2.24) is 15.5 Å². The molecule has 2 heterocycles. The molecule has 2 fully saturated rings. The van der Waals surface area contributed by atoms with Crippen LogP contribution >= 0.6 is 0 Å². The fraction of sp³-hybridized carbons (Fsp3) is 0.917. The molecule has 2 rings (SSSR count). The van der Waals surface area contributed by atoms with Gasteiger partial charge >= 0.3 is 0 Å². The fourth-order valence-corrected chi connectivity index (χ4v) is 2.62. The zero-order valence-electron chi connectivity index (χ0n) is 10.2. The highest BCUT2D eigenvalue weighted by molar-refractivity contribution is 5.81. The second-order valence-corrected chi connectivity index (χ2v) is 4.95. The monoisotopic (exact) mass is 225 g/mol. The lowest BCUT2D eigenvalue weighted by Gasteiger charge is -2.28. The standard InChI is InChI=1S/C12H23N3O/c1-10(12(16)15-8-2-3-9-15)14-11-4-6-13-7-5-11/h10-11,13-14H,2-9H2,1H3. The summed E-state index contributed by atoms with van der Waals surface area (Å²) >= 11 is 0. The molecule has 1 unspecified atom stereocenters. The van der Waals surface area contributed by atoms with Gasteiger partial charge in [-0.05, 0) is 45.7 Å². The van der Waals surface area contributed by atoms with Crippen LogP contribution in [-0.4, -0.2) is 49.1 Å². The van der Waals surface area contributed by atoms with Crippen molar-refractivity contribution < 1.29 is 4.79 Å². The molecule has 0 bridgehead atoms. The highest BCUT2D eigenvalue weighted by Gasteiger charge is 2.25. The molecule has 0 saturated carbocycles. The SMILES string of the molecule is CC(NC1CCNCC1)C(=O)N1CCCC1. The Morgan fingerprint density at radius 3 is 2.56 bits per heavy atom. The van der Waals surface area contributed by atoms with Crippen LogP contribution in [0.3, 0.4) is 0 Å². The number of rotatable bonds is 3. The molecule has 2 saturated heterocycles. The first kappa shape index (κ1) is 11.9. The molecule has 0 aromatic carbocycles. The zero-order valence-corrected chi connectivity index (χ0v) is 10.2. The van der Waals surface area contributed by atoms with E-state index in [1.807, 2.05) is 11.8 Å². The first-order chi connectivity index (χ1) is 7.77. The van der Waals surface area contributed by atoms with Crippen molar-refractivity contribution in [2.24, 2.45) is 0 Å². The summed E-state index contributed by atoms with van der Waals surface area (Å²) in [5.74, 6) is 0.288. The largest absolute Gasteiger partial charge is 0.341 e. The van der Waals surface area contributed by atoms with Crippen LogP contribution in [0.2, 0.25) is 0 Å². The molecule has 0 aromatic heterocycles. The second kappa shape index (κ2) is 5.64. The molecule has 16 heavy (non-hydrogen) atoms. The fourth-order valence-electron chi connectivity index (χ4n) is 2.62. The van der Waals surface area contributed by atoms with E-state index in [0.717, 1.165) is 39.0 Å². The summed E-state index contributed by atoms with van der Waals surface area (Å²) in [6.07, 6.45) is 4.62. The number of amides is 1. The van der Waals surface area contributed by atoms with Crippen molar-refractivity contribution in [1.29, 1.82) is 0 Å². The van der Waals surface area contributed by atoms with Crippen molar-refractivity contribution in [3.05, 3.63) is 0 Å². The predicted molar refractivity (Wildman–Crippen MR) is 64.3 cm³/mol. The molecule has 4 nitrogen and oxygen atoms in total. The Hall–Kier alpha value is -0.610. The first-order valence-electron chi connectivity index (χ1n) is 6.53. The molecular formula is C12H23N3O. The number of nitrogens with one attached hydrogen (secondary N) is 2. The average molecular weight is 225 g/mol. The van der Waals surface area contributed by atoms with E-state index in [1.165, 1.54) is 12.8 Å². The van der Waals surface area contributed by atoms with Gasteiger partial charge in [0.25, 0.3) is 0 Å². The van der Waals surface area contributed by atoms with Crippen LogP contribution < -0.4 is 10.6 Å². The average Bonchev–Trinajstić information content (AvgIpc) is 2.83. The van der Waals surface area contributed by atoms with Crippen LogP contribution in [0.4, 0.5) is 0 Å². The summed E-state index contributed by atoms with van der Waals surface area (Å²) < 4.78 is 0. The number of hydrogen-bond donors (Lipinski definition) is 2. The summed E-state index contributed by atoms with van der Waals surface area (Å²) in [6.45, 7) is 6.06. The van der Waals surface area contributed by atoms with E-state index in [0.29, 0.717) is 6.04 Å². The van der Waals surface area contributed by atoms with Crippen molar-refractivity contribution in [3.8, 4) is 0 Å². The van der Waals surface area contributed by atoms with Gasteiger partial charge in [0.15, 0.2) is 0 Å². The Morgan fingerprint density at radius 2 is 1.94 bits per heavy atom. The smallest absolute Gasteiger partial charge is 0.239 e. The quantitative estimate of drug-likeness (QED) is 0.728. The molecule has 1 amide bonds. The molecule has 2 aliphatic heterocycles. The highest BCUT2D eigenvalue weighted by atomic mass is 16.2. The van der Waals surface area contributed by atoms with Crippen LogP contribution in [0.5, 0.6) is 0 Å². The molecule has 2 N–H and O–H groups in total. The summed E-state index contributed by atoms with van der Waals surface area (Å²) in [5.41, 5.74) is 0. The minimum atomic E-state index is -0.0128. The van der Waals surface area contributed by atoms with Gasteiger partial charge in [-0.15, -0.1) is 0 Å². The lowest BCUT2D eigenvalue weighted by atomic mass is 10.1. The Morgan fingerprint density at radius 1 is 1.31 bits per heavy atom. The van der Waals surface area contributed by atoms with Gasteiger partial charge in [0.2, 0.25) is 5.91 Å². The molecule has 0 aromatic rings. The number of carbonyl (C=O) groups excluding carboxylic acids is 1. The lowest BCUT2D eigenvalue weighted by Crippen LogP contribution is -2.50. The van der Waals surface area contributed by atoms with Crippen LogP contribution in [0, 0.1) is 0 Å². The van der Waals surface area contributed by atoms with E-state index in [1.54, 1.807) is 0 Å². The number of nitrogens with zero attached hydrogens (tertiary/aromatic N) is 1. The van der Waals surface area contributed by atoms with Gasteiger partial charge in [-0.1, -0.05) is 0 Å². The summed E-state index contributed by atoms with van der Waals surface area (Å²) in [5, 5.41) is 6.80. The molecular weight excluding hydrogens is 202 g/mol. The van der Waals surface area contributed by atoms with E-state index in [-0.39, 0.29) is 11.9 Å². The van der Waals surface area contributed by atoms with Gasteiger partial charge in [0.1, 0.15) is 0 Å². The van der Waals surface area contributed by atoms with Crippen LogP contribution in [0.25, 0.3) is 0 Å². The Balaban J connectivity index is 1.77. The molecule has 2 aliphatic rings. The van der Waals surface area contributed by atoms with Gasteiger partial charge in [-0.2, -0.15) is 0 Å². The predicted octanol–water partition coefficient (Wildman–Crippen LogP) is 0.339. The summed E-state index contributed by atoms with van der Waals surface area (Å²) in [6, 6.07) is 0.504. The molecule has 0 spiro atoms. The highest BCUT2D eigenvalue weighted by Crippen LogP contribution is 2.10. The zero-order chi connectivity index (χ0) is 11.4. The Kier molecular flexibility index (Phi) is 4.18. The van der Waals surface area contributed by atoms with Crippen molar-refractivity contribution in [3.63, 3.8) is 0 Å². The van der Waals surface area contributed by atoms with Gasteiger partial charge in [0, 0.05) is 19.1 Å². The van der Waals surface area contributed by atoms with Crippen molar-refractivity contribution in [2.75, 3.05) is 26.2 Å². The minimum absolute atomic E-state index is 0.0128. The van der Waals surface area contributed by atoms with Gasteiger partial charge in [-0.3, -0.25) is 4.79 Å². The number of likely N-dealkylation sites (tertiary alicyclic amines) is 1. The number of carbonyl (C=O) groups is 1. The van der Waals surface area contributed by atoms with E-state index in [2.05, 4.69) is 10.6 Å². The van der Waals surface area contributed by atoms with Crippen LogP contribution in [-0.2, 0) is 4.79 Å². The molecule has 1 atom stereocenters. The Bertz CT molecular complexity index is 232. The molecule has 92 valence electrons. The van der Waals surface area contributed by atoms with E-state index in [9.17, 15) is 4.79 Å². The topological polar surface area (TPSA) is 44.4 Å². The second-order valence-electron chi connectivity index (χ2n) is 4.95. The third-order valence-electron chi connectivity index (χ3n) is 3.61. The number of piperidine rings is 1. The minimum Gasteiger partial charge on any atom is -0.341 e. The Labute approximate surface area is 97.8 Å². The summed E-state index contributed by atoms with van der Waals surface area (Å²) in [7, 11) is 0. The first-order valence-corrected chi connectivity index (χ1v) is 6.53. The van der Waals surface area contributed by atoms with Crippen molar-refractivity contribution in [2.45, 2.75) is 44.7 Å². The summed E-state index contributed by atoms with van der Waals surface area (Å²) in [4.78, 5) is 14.1. The van der Waals surface area contributed by atoms with Gasteiger partial charge in [0.05, 0.1) is 6.04 Å². The van der Waals surface area contributed by atoms with Crippen LogP contribution in [0.1, 0.15) is 32.6 Å². The molecule has 4 heteroatoms. The van der Waals surface area contributed by atoms with Crippen molar-refractivity contribution >= 4 is 5.91 Å². The van der Waals surface area contributed by atoms with Gasteiger partial charge < -0.3 is 15.5 Å². The maximum Gasteiger partial charge on any atom is 0.239 e. The maximum atomic E-state index is 12.1. The molecule has 0 radical (unpaired) electrons. The lowest BCUT2D eigenvalue weighted by molar-refractivity contribution is -0.132. The molecule has 0 aliphatic carbocycles. The third-order valence-corrected chi connectivity index (χ3v) is 3.61. The maximum absolute atomic E-state index is 12.1. The number of hydrogen-bond acceptors (Lipinski definition) is 3. The van der Waals surface area contributed by atoms with E-state index < -0.39 is 0 Å².